The lowest BCUT2D eigenvalue weighted by atomic mass is 10.2. The summed E-state index contributed by atoms with van der Waals surface area (Å²) in [5, 5.41) is 11.5. The zero-order valence-electron chi connectivity index (χ0n) is 8.04. The van der Waals surface area contributed by atoms with Crippen molar-refractivity contribution in [1.29, 1.82) is 0 Å². The predicted molar refractivity (Wildman–Crippen MR) is 52.1 cm³/mol. The van der Waals surface area contributed by atoms with E-state index >= 15 is 0 Å². The van der Waals surface area contributed by atoms with Gasteiger partial charge in [0.15, 0.2) is 0 Å². The van der Waals surface area contributed by atoms with Crippen LogP contribution in [0.2, 0.25) is 0 Å². The molecule has 0 aromatic heterocycles. The van der Waals surface area contributed by atoms with Crippen molar-refractivity contribution in [3.63, 3.8) is 0 Å². The maximum atomic E-state index is 13.1. The average Bonchev–Trinajstić information content (AvgIpc) is 2.07. The molecule has 14 heavy (non-hydrogen) atoms. The number of aromatic carboxylic acids is 1. The zero-order valence-corrected chi connectivity index (χ0v) is 8.04. The molecule has 4 heteroatoms. The highest BCUT2D eigenvalue weighted by molar-refractivity contribution is 5.88. The maximum Gasteiger partial charge on any atom is 0.335 e. The van der Waals surface area contributed by atoms with Gasteiger partial charge < -0.3 is 10.4 Å². The van der Waals surface area contributed by atoms with E-state index < -0.39 is 11.8 Å². The number of carboxylic acid groups (broad SMARTS) is 1. The van der Waals surface area contributed by atoms with Crippen molar-refractivity contribution < 1.29 is 14.3 Å². The third kappa shape index (κ3) is 2.45. The van der Waals surface area contributed by atoms with Crippen LogP contribution in [0.25, 0.3) is 0 Å². The summed E-state index contributed by atoms with van der Waals surface area (Å²) in [5.41, 5.74) is 0.300. The van der Waals surface area contributed by atoms with Crippen LogP contribution >= 0.6 is 0 Å². The lowest BCUT2D eigenvalue weighted by Crippen LogP contribution is -2.11. The summed E-state index contributed by atoms with van der Waals surface area (Å²) < 4.78 is 13.1. The number of anilines is 1. The Balaban J connectivity index is 3.02. The number of carbonyl (C=O) groups is 1. The first-order valence-corrected chi connectivity index (χ1v) is 4.30. The van der Waals surface area contributed by atoms with Gasteiger partial charge in [-0.25, -0.2) is 9.18 Å². The molecule has 1 aromatic carbocycles. The number of hydrogen-bond donors (Lipinski definition) is 2. The molecule has 0 unspecified atom stereocenters. The molecule has 2 N–H and O–H groups in total. The van der Waals surface area contributed by atoms with Gasteiger partial charge in [0.2, 0.25) is 0 Å². The minimum absolute atomic E-state index is 0.0635. The Morgan fingerprint density at radius 1 is 1.50 bits per heavy atom. The SMILES string of the molecule is CC(C)Nc1cc(C(=O)O)ccc1F. The molecular formula is C10H12FNO2. The van der Waals surface area contributed by atoms with E-state index in [9.17, 15) is 9.18 Å². The van der Waals surface area contributed by atoms with Crippen LogP contribution in [-0.4, -0.2) is 17.1 Å². The van der Waals surface area contributed by atoms with E-state index in [2.05, 4.69) is 5.32 Å². The summed E-state index contributed by atoms with van der Waals surface area (Å²) in [4.78, 5) is 10.6. The summed E-state index contributed by atoms with van der Waals surface area (Å²) in [6.07, 6.45) is 0. The highest BCUT2D eigenvalue weighted by Gasteiger charge is 2.08. The van der Waals surface area contributed by atoms with E-state index in [1.54, 1.807) is 0 Å². The van der Waals surface area contributed by atoms with Gasteiger partial charge in [-0.2, -0.15) is 0 Å². The Morgan fingerprint density at radius 3 is 2.64 bits per heavy atom. The number of benzene rings is 1. The van der Waals surface area contributed by atoms with Gasteiger partial charge in [-0.15, -0.1) is 0 Å². The summed E-state index contributed by atoms with van der Waals surface area (Å²) in [7, 11) is 0. The minimum Gasteiger partial charge on any atom is -0.478 e. The van der Waals surface area contributed by atoms with Crippen molar-refractivity contribution in [3.8, 4) is 0 Å². The molecular weight excluding hydrogens is 185 g/mol. The van der Waals surface area contributed by atoms with Gasteiger partial charge in [0.25, 0.3) is 0 Å². The molecule has 0 aliphatic carbocycles. The van der Waals surface area contributed by atoms with Crippen molar-refractivity contribution in [1.82, 2.24) is 0 Å². The largest absolute Gasteiger partial charge is 0.478 e. The summed E-state index contributed by atoms with van der Waals surface area (Å²) >= 11 is 0. The van der Waals surface area contributed by atoms with E-state index in [-0.39, 0.29) is 17.3 Å². The van der Waals surface area contributed by atoms with E-state index in [4.69, 9.17) is 5.11 Å². The van der Waals surface area contributed by atoms with Crippen molar-refractivity contribution in [2.45, 2.75) is 19.9 Å². The maximum absolute atomic E-state index is 13.1. The fourth-order valence-corrected chi connectivity index (χ4v) is 1.08. The third-order valence-corrected chi connectivity index (χ3v) is 1.66. The molecule has 76 valence electrons. The first-order chi connectivity index (χ1) is 6.50. The van der Waals surface area contributed by atoms with Gasteiger partial charge in [0.05, 0.1) is 11.3 Å². The number of carboxylic acids is 1. The number of halogens is 1. The Labute approximate surface area is 81.6 Å². The molecule has 0 saturated heterocycles. The predicted octanol–water partition coefficient (Wildman–Crippen LogP) is 2.34. The fraction of sp³-hybridized carbons (Fsp3) is 0.300. The second-order valence-electron chi connectivity index (χ2n) is 3.30. The molecule has 0 aliphatic rings. The van der Waals surface area contributed by atoms with Crippen LogP contribution in [0.4, 0.5) is 10.1 Å². The van der Waals surface area contributed by atoms with Crippen molar-refractivity contribution >= 4 is 11.7 Å². The Morgan fingerprint density at radius 2 is 2.14 bits per heavy atom. The lowest BCUT2D eigenvalue weighted by Gasteiger charge is -2.11. The van der Waals surface area contributed by atoms with Gasteiger partial charge in [0, 0.05) is 6.04 Å². The van der Waals surface area contributed by atoms with E-state index in [1.165, 1.54) is 12.1 Å². The van der Waals surface area contributed by atoms with Crippen LogP contribution in [0.15, 0.2) is 18.2 Å². The van der Waals surface area contributed by atoms with E-state index in [0.29, 0.717) is 0 Å². The summed E-state index contributed by atoms with van der Waals surface area (Å²) in [5.74, 6) is -1.50. The van der Waals surface area contributed by atoms with Crippen LogP contribution in [0.3, 0.4) is 0 Å². The molecule has 0 spiro atoms. The van der Waals surface area contributed by atoms with E-state index in [1.807, 2.05) is 13.8 Å². The van der Waals surface area contributed by atoms with Gasteiger partial charge in [0.1, 0.15) is 5.82 Å². The van der Waals surface area contributed by atoms with Crippen LogP contribution in [0.1, 0.15) is 24.2 Å². The molecule has 0 aliphatic heterocycles. The normalized spacial score (nSPS) is 10.3. The van der Waals surface area contributed by atoms with Crippen molar-refractivity contribution in [2.75, 3.05) is 5.32 Å². The van der Waals surface area contributed by atoms with Gasteiger partial charge in [-0.05, 0) is 32.0 Å². The molecule has 1 rings (SSSR count). The molecule has 0 heterocycles. The second kappa shape index (κ2) is 4.09. The first-order valence-electron chi connectivity index (χ1n) is 4.30. The molecule has 0 amide bonds. The summed E-state index contributed by atoms with van der Waals surface area (Å²) in [6.45, 7) is 3.71. The zero-order chi connectivity index (χ0) is 10.7. The van der Waals surface area contributed by atoms with Crippen LogP contribution in [0.5, 0.6) is 0 Å². The Kier molecular flexibility index (Phi) is 3.06. The number of rotatable bonds is 3. The van der Waals surface area contributed by atoms with Gasteiger partial charge in [-0.1, -0.05) is 0 Å². The molecule has 0 fully saturated rings. The highest BCUT2D eigenvalue weighted by Crippen LogP contribution is 2.16. The smallest absolute Gasteiger partial charge is 0.335 e. The standard InChI is InChI=1S/C10H12FNO2/c1-6(2)12-9-5-7(10(13)14)3-4-8(9)11/h3-6,12H,1-2H3,(H,13,14). The quantitative estimate of drug-likeness (QED) is 0.781. The van der Waals surface area contributed by atoms with Crippen LogP contribution < -0.4 is 5.32 Å². The first kappa shape index (κ1) is 10.5. The monoisotopic (exact) mass is 197 g/mol. The topological polar surface area (TPSA) is 49.3 Å². The van der Waals surface area contributed by atoms with Crippen LogP contribution in [0, 0.1) is 5.82 Å². The van der Waals surface area contributed by atoms with E-state index in [0.717, 1.165) is 6.07 Å². The van der Waals surface area contributed by atoms with Gasteiger partial charge in [-0.3, -0.25) is 0 Å². The number of hydrogen-bond acceptors (Lipinski definition) is 2. The molecule has 0 saturated carbocycles. The second-order valence-corrected chi connectivity index (χ2v) is 3.30. The van der Waals surface area contributed by atoms with Crippen LogP contribution in [-0.2, 0) is 0 Å². The lowest BCUT2D eigenvalue weighted by molar-refractivity contribution is 0.0697. The molecule has 0 bridgehead atoms. The summed E-state index contributed by atoms with van der Waals surface area (Å²) in [6, 6.07) is 3.74. The average molecular weight is 197 g/mol. The Hall–Kier alpha value is -1.58. The highest BCUT2D eigenvalue weighted by atomic mass is 19.1. The molecule has 3 nitrogen and oxygen atoms in total. The Bertz CT molecular complexity index is 350. The fourth-order valence-electron chi connectivity index (χ4n) is 1.08. The molecule has 0 radical (unpaired) electrons. The molecule has 0 atom stereocenters. The van der Waals surface area contributed by atoms with Crippen molar-refractivity contribution in [2.24, 2.45) is 0 Å². The third-order valence-electron chi connectivity index (χ3n) is 1.66. The van der Waals surface area contributed by atoms with Gasteiger partial charge >= 0.3 is 5.97 Å². The molecule has 1 aromatic rings. The minimum atomic E-state index is -1.06. The number of nitrogens with one attached hydrogen (secondary N) is 1. The van der Waals surface area contributed by atoms with Crippen molar-refractivity contribution in [3.05, 3.63) is 29.6 Å².